The molecule has 1 heterocycles. The standard InChI is InChI=1S/C12H27N3/c1-3-7-14(10-6-13)9-5-12-11-15(12)8-4-2/h12H,3-11,13H2,1-2H3. The van der Waals surface area contributed by atoms with Gasteiger partial charge in [0.1, 0.15) is 0 Å². The zero-order valence-corrected chi connectivity index (χ0v) is 10.4. The van der Waals surface area contributed by atoms with Crippen molar-refractivity contribution in [2.24, 2.45) is 5.73 Å². The number of hydrogen-bond acceptors (Lipinski definition) is 3. The van der Waals surface area contributed by atoms with E-state index in [1.165, 1.54) is 45.4 Å². The van der Waals surface area contributed by atoms with Gasteiger partial charge in [0.2, 0.25) is 0 Å². The third-order valence-corrected chi connectivity index (χ3v) is 3.10. The third-order valence-electron chi connectivity index (χ3n) is 3.10. The van der Waals surface area contributed by atoms with Gasteiger partial charge in [-0.15, -0.1) is 0 Å². The van der Waals surface area contributed by atoms with E-state index >= 15 is 0 Å². The number of nitrogens with zero attached hydrogens (tertiary/aromatic N) is 2. The van der Waals surface area contributed by atoms with Crippen molar-refractivity contribution in [3.63, 3.8) is 0 Å². The third kappa shape index (κ3) is 4.96. The van der Waals surface area contributed by atoms with Gasteiger partial charge in [0.25, 0.3) is 0 Å². The molecule has 1 rings (SSSR count). The fourth-order valence-corrected chi connectivity index (χ4v) is 2.22. The summed E-state index contributed by atoms with van der Waals surface area (Å²) in [5.74, 6) is 0. The lowest BCUT2D eigenvalue weighted by Gasteiger charge is -2.20. The molecule has 1 aliphatic rings. The van der Waals surface area contributed by atoms with Crippen molar-refractivity contribution < 1.29 is 0 Å². The summed E-state index contributed by atoms with van der Waals surface area (Å²) >= 11 is 0. The lowest BCUT2D eigenvalue weighted by Crippen LogP contribution is -2.32. The number of hydrogen-bond donors (Lipinski definition) is 1. The van der Waals surface area contributed by atoms with E-state index in [1.54, 1.807) is 0 Å². The van der Waals surface area contributed by atoms with Crippen LogP contribution < -0.4 is 5.73 Å². The minimum atomic E-state index is 0.795. The van der Waals surface area contributed by atoms with Crippen LogP contribution in [0.2, 0.25) is 0 Å². The molecule has 0 saturated carbocycles. The Hall–Kier alpha value is -0.120. The summed E-state index contributed by atoms with van der Waals surface area (Å²) in [6.07, 6.45) is 3.86. The quantitative estimate of drug-likeness (QED) is 0.583. The molecule has 90 valence electrons. The molecule has 0 amide bonds. The van der Waals surface area contributed by atoms with Crippen molar-refractivity contribution in [3.8, 4) is 0 Å². The van der Waals surface area contributed by atoms with Crippen molar-refractivity contribution >= 4 is 0 Å². The van der Waals surface area contributed by atoms with Gasteiger partial charge in [-0.1, -0.05) is 13.8 Å². The van der Waals surface area contributed by atoms with Crippen molar-refractivity contribution in [2.45, 2.75) is 39.2 Å². The number of rotatable bonds is 9. The molecule has 1 aliphatic heterocycles. The summed E-state index contributed by atoms with van der Waals surface area (Å²) in [7, 11) is 0. The van der Waals surface area contributed by atoms with E-state index in [4.69, 9.17) is 5.73 Å². The van der Waals surface area contributed by atoms with E-state index in [-0.39, 0.29) is 0 Å². The highest BCUT2D eigenvalue weighted by atomic mass is 15.3. The Kier molecular flexibility index (Phi) is 6.22. The summed E-state index contributed by atoms with van der Waals surface area (Å²) in [5, 5.41) is 0. The Morgan fingerprint density at radius 2 is 2.00 bits per heavy atom. The van der Waals surface area contributed by atoms with Gasteiger partial charge in [-0.3, -0.25) is 4.90 Å². The van der Waals surface area contributed by atoms with Crippen LogP contribution in [0.4, 0.5) is 0 Å². The average molecular weight is 213 g/mol. The van der Waals surface area contributed by atoms with Crippen LogP contribution >= 0.6 is 0 Å². The summed E-state index contributed by atoms with van der Waals surface area (Å²) in [6, 6.07) is 0.877. The molecule has 3 heteroatoms. The summed E-state index contributed by atoms with van der Waals surface area (Å²) in [5.41, 5.74) is 5.60. The predicted octanol–water partition coefficient (Wildman–Crippen LogP) is 1.14. The summed E-state index contributed by atoms with van der Waals surface area (Å²) in [4.78, 5) is 5.08. The lowest BCUT2D eigenvalue weighted by molar-refractivity contribution is 0.272. The highest BCUT2D eigenvalue weighted by Crippen LogP contribution is 2.20. The van der Waals surface area contributed by atoms with Gasteiger partial charge in [0.15, 0.2) is 0 Å². The molecule has 2 atom stereocenters. The second kappa shape index (κ2) is 7.20. The average Bonchev–Trinajstić information content (AvgIpc) is 2.95. The maximum atomic E-state index is 5.60. The van der Waals surface area contributed by atoms with Crippen LogP contribution in [0.1, 0.15) is 33.1 Å². The molecule has 0 bridgehead atoms. The van der Waals surface area contributed by atoms with Crippen LogP contribution in [0.15, 0.2) is 0 Å². The van der Waals surface area contributed by atoms with Crippen molar-refractivity contribution in [1.82, 2.24) is 9.80 Å². The molecule has 0 aromatic rings. The molecule has 3 nitrogen and oxygen atoms in total. The molecular weight excluding hydrogens is 186 g/mol. The van der Waals surface area contributed by atoms with Crippen LogP contribution in [0.3, 0.4) is 0 Å². The first kappa shape index (κ1) is 12.9. The second-order valence-corrected chi connectivity index (χ2v) is 4.57. The van der Waals surface area contributed by atoms with Gasteiger partial charge in [0, 0.05) is 25.7 Å². The molecule has 1 fully saturated rings. The van der Waals surface area contributed by atoms with Crippen LogP contribution in [0.25, 0.3) is 0 Å². The molecule has 2 N–H and O–H groups in total. The largest absolute Gasteiger partial charge is 0.329 e. The van der Waals surface area contributed by atoms with Crippen LogP contribution in [-0.4, -0.2) is 55.1 Å². The molecule has 0 aliphatic carbocycles. The van der Waals surface area contributed by atoms with Crippen molar-refractivity contribution in [1.29, 1.82) is 0 Å². The first-order chi connectivity index (χ1) is 7.31. The maximum Gasteiger partial charge on any atom is 0.0236 e. The molecular formula is C12H27N3. The van der Waals surface area contributed by atoms with E-state index < -0.39 is 0 Å². The van der Waals surface area contributed by atoms with Gasteiger partial charge in [-0.25, -0.2) is 0 Å². The van der Waals surface area contributed by atoms with Crippen molar-refractivity contribution in [2.75, 3.05) is 39.3 Å². The molecule has 0 radical (unpaired) electrons. The van der Waals surface area contributed by atoms with Gasteiger partial charge < -0.3 is 10.6 Å². The maximum absolute atomic E-state index is 5.60. The SMILES string of the molecule is CCCN(CCN)CCC1CN1CCC. The lowest BCUT2D eigenvalue weighted by atomic mass is 10.3. The normalized spacial score (nSPS) is 24.8. The Morgan fingerprint density at radius 1 is 1.20 bits per heavy atom. The van der Waals surface area contributed by atoms with E-state index in [0.717, 1.165) is 19.1 Å². The summed E-state index contributed by atoms with van der Waals surface area (Å²) < 4.78 is 0. The smallest absolute Gasteiger partial charge is 0.0236 e. The summed E-state index contributed by atoms with van der Waals surface area (Å²) in [6.45, 7) is 11.4. The van der Waals surface area contributed by atoms with Gasteiger partial charge in [0.05, 0.1) is 0 Å². The number of nitrogens with two attached hydrogens (primary N) is 1. The van der Waals surface area contributed by atoms with E-state index in [0.29, 0.717) is 0 Å². The first-order valence-electron chi connectivity index (χ1n) is 6.48. The van der Waals surface area contributed by atoms with Gasteiger partial charge >= 0.3 is 0 Å². The first-order valence-corrected chi connectivity index (χ1v) is 6.48. The molecule has 0 aromatic heterocycles. The van der Waals surface area contributed by atoms with Crippen LogP contribution in [0.5, 0.6) is 0 Å². The van der Waals surface area contributed by atoms with E-state index in [1.807, 2.05) is 0 Å². The Bertz CT molecular complexity index is 155. The Balaban J connectivity index is 2.06. The van der Waals surface area contributed by atoms with E-state index in [2.05, 4.69) is 23.6 Å². The molecule has 0 spiro atoms. The molecule has 2 unspecified atom stereocenters. The van der Waals surface area contributed by atoms with E-state index in [9.17, 15) is 0 Å². The fraction of sp³-hybridized carbons (Fsp3) is 1.00. The zero-order valence-electron chi connectivity index (χ0n) is 10.4. The Morgan fingerprint density at radius 3 is 2.60 bits per heavy atom. The highest BCUT2D eigenvalue weighted by Gasteiger charge is 2.32. The van der Waals surface area contributed by atoms with Crippen LogP contribution in [-0.2, 0) is 0 Å². The minimum absolute atomic E-state index is 0.795. The zero-order chi connectivity index (χ0) is 11.1. The molecule has 0 aromatic carbocycles. The van der Waals surface area contributed by atoms with Crippen LogP contribution in [0, 0.1) is 0 Å². The second-order valence-electron chi connectivity index (χ2n) is 4.57. The van der Waals surface area contributed by atoms with Crippen molar-refractivity contribution in [3.05, 3.63) is 0 Å². The topological polar surface area (TPSA) is 32.3 Å². The Labute approximate surface area is 94.6 Å². The fourth-order valence-electron chi connectivity index (χ4n) is 2.22. The highest BCUT2D eigenvalue weighted by molar-refractivity contribution is 4.89. The minimum Gasteiger partial charge on any atom is -0.329 e. The van der Waals surface area contributed by atoms with Gasteiger partial charge in [-0.2, -0.15) is 0 Å². The molecule has 1 saturated heterocycles. The monoisotopic (exact) mass is 213 g/mol. The van der Waals surface area contributed by atoms with Gasteiger partial charge in [-0.05, 0) is 38.9 Å². The predicted molar refractivity (Wildman–Crippen MR) is 66.1 cm³/mol. The molecule has 15 heavy (non-hydrogen) atoms.